The number of methoxy groups -OCH3 is 1. The Morgan fingerprint density at radius 3 is 2.54 bits per heavy atom. The average molecular weight is 428 g/mol. The zero-order chi connectivity index (χ0) is 21.1. The third kappa shape index (κ3) is 4.90. The summed E-state index contributed by atoms with van der Waals surface area (Å²) in [5.74, 6) is -0.295. The molecule has 0 aliphatic heterocycles. The summed E-state index contributed by atoms with van der Waals surface area (Å²) < 4.78 is 30.7. The van der Waals surface area contributed by atoms with E-state index in [-0.39, 0.29) is 22.1 Å². The number of non-ortho nitro benzene ring substituents is 1. The Kier molecular flexibility index (Phi) is 6.47. The maximum absolute atomic E-state index is 12.7. The van der Waals surface area contributed by atoms with Gasteiger partial charge in [-0.3, -0.25) is 19.2 Å². The normalized spacial score (nSPS) is 12.1. The first-order chi connectivity index (χ1) is 13.0. The monoisotopic (exact) mass is 427 g/mol. The Labute approximate surface area is 167 Å². The van der Waals surface area contributed by atoms with E-state index in [0.29, 0.717) is 5.75 Å². The number of nitro groups is 1. The number of nitrogens with one attached hydrogen (secondary N) is 1. The van der Waals surface area contributed by atoms with E-state index in [2.05, 4.69) is 5.32 Å². The number of nitrogens with zero attached hydrogens (tertiary/aromatic N) is 2. The number of rotatable bonds is 7. The van der Waals surface area contributed by atoms with Gasteiger partial charge in [0.1, 0.15) is 11.8 Å². The van der Waals surface area contributed by atoms with Gasteiger partial charge in [0, 0.05) is 18.2 Å². The van der Waals surface area contributed by atoms with Crippen LogP contribution in [0.1, 0.15) is 6.92 Å². The Morgan fingerprint density at radius 1 is 1.29 bits per heavy atom. The van der Waals surface area contributed by atoms with Crippen LogP contribution in [0.4, 0.5) is 17.1 Å². The van der Waals surface area contributed by atoms with Gasteiger partial charge in [0.2, 0.25) is 15.9 Å². The maximum atomic E-state index is 12.7. The fourth-order valence-electron chi connectivity index (χ4n) is 2.52. The topological polar surface area (TPSA) is 119 Å². The molecule has 1 N–H and O–H groups in total. The molecular weight excluding hydrogens is 410 g/mol. The minimum atomic E-state index is -3.84. The summed E-state index contributed by atoms with van der Waals surface area (Å²) in [6.07, 6.45) is 0.969. The zero-order valence-corrected chi connectivity index (χ0v) is 16.8. The number of carbonyl (C=O) groups excluding carboxylic acids is 1. The number of hydrogen-bond acceptors (Lipinski definition) is 6. The molecule has 0 aromatic heterocycles. The molecule has 0 spiro atoms. The van der Waals surface area contributed by atoms with Crippen molar-refractivity contribution in [1.29, 1.82) is 0 Å². The zero-order valence-electron chi connectivity index (χ0n) is 15.2. The molecule has 2 aromatic carbocycles. The fraction of sp³-hybridized carbons (Fsp3) is 0.235. The Bertz CT molecular complexity index is 1010. The average Bonchev–Trinajstić information content (AvgIpc) is 2.62. The smallest absolute Gasteiger partial charge is 0.271 e. The van der Waals surface area contributed by atoms with Gasteiger partial charge in [-0.25, -0.2) is 8.42 Å². The van der Waals surface area contributed by atoms with Gasteiger partial charge in [-0.2, -0.15) is 0 Å². The van der Waals surface area contributed by atoms with Crippen molar-refractivity contribution in [3.05, 3.63) is 57.6 Å². The van der Waals surface area contributed by atoms with Crippen LogP contribution in [-0.4, -0.2) is 38.7 Å². The molecule has 1 unspecified atom stereocenters. The van der Waals surface area contributed by atoms with Crippen molar-refractivity contribution >= 4 is 44.6 Å². The van der Waals surface area contributed by atoms with Gasteiger partial charge in [0.15, 0.2) is 0 Å². The molecular formula is C17H18ClN3O6S. The van der Waals surface area contributed by atoms with Crippen molar-refractivity contribution in [3.8, 4) is 5.75 Å². The first-order valence-electron chi connectivity index (χ1n) is 7.93. The molecule has 11 heteroatoms. The molecule has 0 saturated heterocycles. The first-order valence-corrected chi connectivity index (χ1v) is 10.2. The van der Waals surface area contributed by atoms with Crippen molar-refractivity contribution in [2.24, 2.45) is 0 Å². The second kappa shape index (κ2) is 8.44. The second-order valence-electron chi connectivity index (χ2n) is 5.85. The molecule has 0 bridgehead atoms. The predicted octanol–water partition coefficient (Wildman–Crippen LogP) is 3.05. The first kappa shape index (κ1) is 21.5. The van der Waals surface area contributed by atoms with Crippen LogP contribution in [0.25, 0.3) is 0 Å². The third-order valence-electron chi connectivity index (χ3n) is 3.81. The molecule has 0 aliphatic rings. The molecule has 0 heterocycles. The molecule has 1 atom stereocenters. The lowest BCUT2D eigenvalue weighted by Gasteiger charge is -2.28. The third-order valence-corrected chi connectivity index (χ3v) is 5.39. The van der Waals surface area contributed by atoms with E-state index in [4.69, 9.17) is 16.3 Å². The summed E-state index contributed by atoms with van der Waals surface area (Å²) in [4.78, 5) is 23.0. The predicted molar refractivity (Wildman–Crippen MR) is 107 cm³/mol. The highest BCUT2D eigenvalue weighted by atomic mass is 35.5. The summed E-state index contributed by atoms with van der Waals surface area (Å²) in [5.41, 5.74) is -0.0263. The van der Waals surface area contributed by atoms with Crippen LogP contribution in [0.3, 0.4) is 0 Å². The summed E-state index contributed by atoms with van der Waals surface area (Å²) in [6.45, 7) is 1.39. The van der Waals surface area contributed by atoms with E-state index >= 15 is 0 Å². The van der Waals surface area contributed by atoms with Crippen LogP contribution >= 0.6 is 11.6 Å². The van der Waals surface area contributed by atoms with Crippen molar-refractivity contribution in [2.45, 2.75) is 13.0 Å². The van der Waals surface area contributed by atoms with Crippen LogP contribution in [-0.2, 0) is 14.8 Å². The molecule has 0 aliphatic carbocycles. The van der Waals surface area contributed by atoms with Crippen LogP contribution in [0.5, 0.6) is 5.75 Å². The van der Waals surface area contributed by atoms with Gasteiger partial charge in [0.25, 0.3) is 5.69 Å². The van der Waals surface area contributed by atoms with E-state index < -0.39 is 26.9 Å². The Hall–Kier alpha value is -2.85. The van der Waals surface area contributed by atoms with Crippen molar-refractivity contribution in [3.63, 3.8) is 0 Å². The fourth-order valence-corrected chi connectivity index (χ4v) is 3.85. The van der Waals surface area contributed by atoms with Gasteiger partial charge >= 0.3 is 0 Å². The van der Waals surface area contributed by atoms with Crippen LogP contribution in [0.2, 0.25) is 5.02 Å². The Morgan fingerprint density at radius 2 is 1.96 bits per heavy atom. The van der Waals surface area contributed by atoms with Gasteiger partial charge in [-0.15, -0.1) is 0 Å². The lowest BCUT2D eigenvalue weighted by atomic mass is 10.2. The Balaban J connectivity index is 2.37. The molecule has 28 heavy (non-hydrogen) atoms. The molecule has 9 nitrogen and oxygen atoms in total. The van der Waals surface area contributed by atoms with E-state index in [9.17, 15) is 23.3 Å². The van der Waals surface area contributed by atoms with Crippen molar-refractivity contribution in [2.75, 3.05) is 23.0 Å². The summed E-state index contributed by atoms with van der Waals surface area (Å²) >= 11 is 5.99. The van der Waals surface area contributed by atoms with Crippen LogP contribution in [0, 0.1) is 10.1 Å². The lowest BCUT2D eigenvalue weighted by molar-refractivity contribution is -0.384. The molecule has 2 aromatic rings. The number of halogens is 1. The van der Waals surface area contributed by atoms with E-state index in [1.165, 1.54) is 38.3 Å². The molecule has 2 rings (SSSR count). The second-order valence-corrected chi connectivity index (χ2v) is 8.11. The van der Waals surface area contributed by atoms with Gasteiger partial charge in [0.05, 0.1) is 34.7 Å². The number of nitro benzene ring substituents is 1. The minimum absolute atomic E-state index is 0.00631. The lowest BCUT2D eigenvalue weighted by Crippen LogP contribution is -2.45. The highest BCUT2D eigenvalue weighted by Crippen LogP contribution is 2.29. The number of sulfonamides is 1. The number of amides is 1. The molecule has 150 valence electrons. The molecule has 1 amide bonds. The number of benzene rings is 2. The highest BCUT2D eigenvalue weighted by Gasteiger charge is 2.30. The number of carbonyl (C=O) groups is 1. The highest BCUT2D eigenvalue weighted by molar-refractivity contribution is 7.92. The maximum Gasteiger partial charge on any atom is 0.271 e. The minimum Gasteiger partial charge on any atom is -0.497 e. The van der Waals surface area contributed by atoms with Gasteiger partial charge in [-0.05, 0) is 25.1 Å². The number of anilines is 2. The largest absolute Gasteiger partial charge is 0.497 e. The molecule has 0 fully saturated rings. The summed E-state index contributed by atoms with van der Waals surface area (Å²) in [5, 5.41) is 13.4. The standard InChI is InChI=1S/C17H18ClN3O6S/c1-11(17(22)19-16-10-13(21(23)24)7-8-15(16)18)20(28(3,25)26)12-5-4-6-14(9-12)27-2/h4-11H,1-3H3,(H,19,22). The summed E-state index contributed by atoms with van der Waals surface area (Å²) in [6, 6.07) is 8.63. The van der Waals surface area contributed by atoms with E-state index in [1.807, 2.05) is 0 Å². The number of hydrogen-bond donors (Lipinski definition) is 1. The molecule has 0 radical (unpaired) electrons. The SMILES string of the molecule is COc1cccc(N(C(C)C(=O)Nc2cc([N+](=O)[O-])ccc2Cl)S(C)(=O)=O)c1. The van der Waals surface area contributed by atoms with Crippen molar-refractivity contribution in [1.82, 2.24) is 0 Å². The van der Waals surface area contributed by atoms with Crippen LogP contribution in [0.15, 0.2) is 42.5 Å². The van der Waals surface area contributed by atoms with Gasteiger partial charge in [-0.1, -0.05) is 17.7 Å². The molecule has 0 saturated carbocycles. The number of ether oxygens (including phenoxy) is 1. The van der Waals surface area contributed by atoms with Crippen molar-refractivity contribution < 1.29 is 22.9 Å². The van der Waals surface area contributed by atoms with E-state index in [1.54, 1.807) is 12.1 Å². The van der Waals surface area contributed by atoms with Gasteiger partial charge < -0.3 is 10.1 Å². The summed E-state index contributed by atoms with van der Waals surface area (Å²) in [7, 11) is -2.40. The van der Waals surface area contributed by atoms with E-state index in [0.717, 1.165) is 16.6 Å². The van der Waals surface area contributed by atoms with Crippen LogP contribution < -0.4 is 14.4 Å². The quantitative estimate of drug-likeness (QED) is 0.535.